The topological polar surface area (TPSA) is 96.4 Å². The fraction of sp³-hybridized carbons (Fsp3) is 0.351. The third kappa shape index (κ3) is 6.45. The number of nitrogens with zero attached hydrogens (tertiary/aromatic N) is 3. The van der Waals surface area contributed by atoms with Crippen molar-refractivity contribution in [2.24, 2.45) is 0 Å². The molecule has 0 aliphatic carbocycles. The number of nitrogens with one attached hydrogen (secondary N) is 1. The van der Waals surface area contributed by atoms with Gasteiger partial charge in [0.1, 0.15) is 6.61 Å². The van der Waals surface area contributed by atoms with E-state index in [0.29, 0.717) is 65.8 Å². The molecule has 0 unspecified atom stereocenters. The fourth-order valence-electron chi connectivity index (χ4n) is 6.95. The van der Waals surface area contributed by atoms with E-state index in [-0.39, 0.29) is 17.6 Å². The molecule has 3 saturated heterocycles. The Bertz CT molecular complexity index is 1840. The number of benzene rings is 3. The first-order valence-electron chi connectivity index (χ1n) is 16.1. The molecule has 1 amide bonds. The van der Waals surface area contributed by atoms with Crippen LogP contribution in [0.5, 0.6) is 17.4 Å². The third-order valence-corrected chi connectivity index (χ3v) is 10.3. The van der Waals surface area contributed by atoms with E-state index in [1.165, 1.54) is 0 Å². The molecule has 3 aromatic carbocycles. The van der Waals surface area contributed by atoms with Gasteiger partial charge < -0.3 is 24.6 Å². The molecule has 3 aliphatic heterocycles. The predicted octanol–water partition coefficient (Wildman–Crippen LogP) is 5.93. The Balaban J connectivity index is 1.10. The number of carbonyl (C=O) groups excluding carboxylic acids is 1. The molecular weight excluding hydrogens is 651 g/mol. The number of halogens is 2. The summed E-state index contributed by atoms with van der Waals surface area (Å²) in [7, 11) is 3.24. The average Bonchev–Trinajstić information content (AvgIpc) is 3.46. The zero-order chi connectivity index (χ0) is 33.4. The number of carbonyl (C=O) groups is 1. The van der Waals surface area contributed by atoms with Crippen LogP contribution in [-0.4, -0.2) is 91.0 Å². The van der Waals surface area contributed by atoms with E-state index in [1.807, 2.05) is 66.7 Å². The van der Waals surface area contributed by atoms with Crippen LogP contribution in [0.1, 0.15) is 18.4 Å². The molecule has 0 bridgehead atoms. The van der Waals surface area contributed by atoms with Crippen molar-refractivity contribution in [3.8, 4) is 50.9 Å². The van der Waals surface area contributed by atoms with E-state index in [0.717, 1.165) is 59.4 Å². The van der Waals surface area contributed by atoms with Crippen LogP contribution in [0.25, 0.3) is 33.5 Å². The zero-order valence-electron chi connectivity index (χ0n) is 27.0. The SMILES string of the molecule is COc1cc(-c2cccc(-c3cccc(-c4ccc(CN5CC6(CCC(=O)N6)C5)c(OC)n4)c3Cl)c2Cl)ccc1OCCN1CC(O)C1. The van der Waals surface area contributed by atoms with Gasteiger partial charge in [0.2, 0.25) is 11.8 Å². The molecule has 1 spiro atoms. The number of aliphatic hydroxyl groups excluding tert-OH is 1. The van der Waals surface area contributed by atoms with E-state index in [4.69, 9.17) is 42.4 Å². The molecule has 2 N–H and O–H groups in total. The summed E-state index contributed by atoms with van der Waals surface area (Å²) in [4.78, 5) is 21.0. The Morgan fingerprint density at radius 2 is 1.60 bits per heavy atom. The minimum absolute atomic E-state index is 0.0754. The third-order valence-electron chi connectivity index (χ3n) is 9.46. The Morgan fingerprint density at radius 1 is 0.896 bits per heavy atom. The van der Waals surface area contributed by atoms with Crippen LogP contribution in [0.3, 0.4) is 0 Å². The van der Waals surface area contributed by atoms with E-state index >= 15 is 0 Å². The van der Waals surface area contributed by atoms with E-state index in [9.17, 15) is 9.90 Å². The first-order chi connectivity index (χ1) is 23.3. The van der Waals surface area contributed by atoms with Crippen LogP contribution in [0.15, 0.2) is 66.7 Å². The summed E-state index contributed by atoms with van der Waals surface area (Å²) < 4.78 is 17.4. The lowest BCUT2D eigenvalue weighted by molar-refractivity contribution is -0.120. The van der Waals surface area contributed by atoms with Crippen molar-refractivity contribution in [1.82, 2.24) is 20.1 Å². The molecule has 0 radical (unpaired) electrons. The van der Waals surface area contributed by atoms with E-state index in [1.54, 1.807) is 14.2 Å². The van der Waals surface area contributed by atoms with Crippen molar-refractivity contribution in [2.75, 3.05) is 53.6 Å². The lowest BCUT2D eigenvalue weighted by atomic mass is 9.88. The standard InChI is InChI=1S/C37H38Cl2N4O5/c1-46-32-17-23(10-12-31(32)48-16-15-42-19-25(44)20-42)26-5-3-6-27(34(26)38)28-7-4-8-29(35(28)39)30-11-9-24(36(40-30)47-2)18-43-21-37(22-43)14-13-33(45)41-37/h3-12,17,25,44H,13-16,18-22H2,1-2H3,(H,41,45). The molecule has 4 aromatic rings. The maximum absolute atomic E-state index is 11.7. The smallest absolute Gasteiger partial charge is 0.220 e. The summed E-state index contributed by atoms with van der Waals surface area (Å²) in [5.74, 6) is 1.95. The molecule has 0 saturated carbocycles. The van der Waals surface area contributed by atoms with E-state index < -0.39 is 0 Å². The average molecular weight is 690 g/mol. The van der Waals surface area contributed by atoms with Gasteiger partial charge in [-0.3, -0.25) is 14.6 Å². The molecule has 3 fully saturated rings. The minimum Gasteiger partial charge on any atom is -0.493 e. The van der Waals surface area contributed by atoms with Crippen molar-refractivity contribution in [2.45, 2.75) is 31.0 Å². The molecular formula is C37H38Cl2N4O5. The van der Waals surface area contributed by atoms with Crippen molar-refractivity contribution < 1.29 is 24.1 Å². The number of pyridine rings is 1. The number of ether oxygens (including phenoxy) is 3. The van der Waals surface area contributed by atoms with Crippen LogP contribution in [0.4, 0.5) is 0 Å². The van der Waals surface area contributed by atoms with Gasteiger partial charge in [-0.25, -0.2) is 4.98 Å². The van der Waals surface area contributed by atoms with Gasteiger partial charge >= 0.3 is 0 Å². The van der Waals surface area contributed by atoms with Crippen molar-refractivity contribution >= 4 is 29.1 Å². The molecule has 7 rings (SSSR count). The van der Waals surface area contributed by atoms with Gasteiger partial charge in [0.05, 0.1) is 41.6 Å². The molecule has 48 heavy (non-hydrogen) atoms. The van der Waals surface area contributed by atoms with Gasteiger partial charge in [-0.15, -0.1) is 0 Å². The van der Waals surface area contributed by atoms with Crippen molar-refractivity contribution in [1.29, 1.82) is 0 Å². The quantitative estimate of drug-likeness (QED) is 0.200. The highest BCUT2D eigenvalue weighted by atomic mass is 35.5. The monoisotopic (exact) mass is 688 g/mol. The highest BCUT2D eigenvalue weighted by molar-refractivity contribution is 6.39. The van der Waals surface area contributed by atoms with Gasteiger partial charge in [-0.05, 0) is 30.2 Å². The molecule has 0 atom stereocenters. The summed E-state index contributed by atoms with van der Waals surface area (Å²) in [6, 6.07) is 21.5. The summed E-state index contributed by atoms with van der Waals surface area (Å²) in [5, 5.41) is 13.7. The number of hydrogen-bond donors (Lipinski definition) is 2. The lowest BCUT2D eigenvalue weighted by Crippen LogP contribution is -2.66. The number of aromatic nitrogens is 1. The second kappa shape index (κ2) is 13.6. The highest BCUT2D eigenvalue weighted by Gasteiger charge is 2.47. The Kier molecular flexibility index (Phi) is 9.24. The maximum Gasteiger partial charge on any atom is 0.220 e. The van der Waals surface area contributed by atoms with Crippen LogP contribution in [0.2, 0.25) is 10.0 Å². The van der Waals surface area contributed by atoms with Crippen LogP contribution in [-0.2, 0) is 11.3 Å². The number of methoxy groups -OCH3 is 2. The molecule has 250 valence electrons. The molecule has 4 heterocycles. The van der Waals surface area contributed by atoms with Crippen LogP contribution >= 0.6 is 23.2 Å². The Hall–Kier alpha value is -3.86. The Morgan fingerprint density at radius 3 is 2.27 bits per heavy atom. The van der Waals surface area contributed by atoms with Crippen molar-refractivity contribution in [3.63, 3.8) is 0 Å². The molecule has 11 heteroatoms. The molecule has 1 aromatic heterocycles. The van der Waals surface area contributed by atoms with Crippen LogP contribution < -0.4 is 19.5 Å². The lowest BCUT2D eigenvalue weighted by Gasteiger charge is -2.48. The van der Waals surface area contributed by atoms with Gasteiger partial charge in [-0.2, -0.15) is 0 Å². The number of amides is 1. The number of hydrogen-bond acceptors (Lipinski definition) is 8. The Labute approximate surface area is 290 Å². The summed E-state index contributed by atoms with van der Waals surface area (Å²) in [6.45, 7) is 4.94. The number of rotatable bonds is 11. The number of aliphatic hydroxyl groups is 1. The summed E-state index contributed by atoms with van der Waals surface area (Å²) in [5.41, 5.74) is 5.68. The fourth-order valence-corrected chi connectivity index (χ4v) is 7.62. The normalized spacial score (nSPS) is 17.6. The summed E-state index contributed by atoms with van der Waals surface area (Å²) >= 11 is 14.2. The van der Waals surface area contributed by atoms with E-state index in [2.05, 4.69) is 15.1 Å². The predicted molar refractivity (Wildman–Crippen MR) is 187 cm³/mol. The second-order valence-corrected chi connectivity index (χ2v) is 13.6. The van der Waals surface area contributed by atoms with Gasteiger partial charge in [0.15, 0.2) is 11.5 Å². The number of β-amino-alcohol motifs (C(OH)–C–C–N with tert-alkyl or cyclic N) is 1. The van der Waals surface area contributed by atoms with Gasteiger partial charge in [-0.1, -0.05) is 71.7 Å². The first kappa shape index (κ1) is 32.7. The minimum atomic E-state index is -0.234. The van der Waals surface area contributed by atoms with Crippen molar-refractivity contribution in [3.05, 3.63) is 82.3 Å². The maximum atomic E-state index is 11.7. The molecule has 9 nitrogen and oxygen atoms in total. The zero-order valence-corrected chi connectivity index (χ0v) is 28.5. The first-order valence-corrected chi connectivity index (χ1v) is 16.9. The summed E-state index contributed by atoms with van der Waals surface area (Å²) in [6.07, 6.45) is 1.26. The van der Waals surface area contributed by atoms with Gasteiger partial charge in [0, 0.05) is 73.5 Å². The largest absolute Gasteiger partial charge is 0.493 e. The molecule has 3 aliphatic rings. The van der Waals surface area contributed by atoms with Gasteiger partial charge in [0.25, 0.3) is 0 Å². The highest BCUT2D eigenvalue weighted by Crippen LogP contribution is 2.44. The van der Waals surface area contributed by atoms with Crippen LogP contribution in [0, 0.1) is 0 Å². The second-order valence-electron chi connectivity index (χ2n) is 12.8. The number of likely N-dealkylation sites (tertiary alicyclic amines) is 2.